The van der Waals surface area contributed by atoms with Crippen LogP contribution in [0.25, 0.3) is 0 Å². The SMILES string of the molecule is COc1ccc(C2(C(=O)O)COC2)cc1Br. The summed E-state index contributed by atoms with van der Waals surface area (Å²) in [6.07, 6.45) is 0. The lowest BCUT2D eigenvalue weighted by Gasteiger charge is -2.37. The number of methoxy groups -OCH3 is 1. The highest BCUT2D eigenvalue weighted by Gasteiger charge is 2.48. The van der Waals surface area contributed by atoms with Gasteiger partial charge in [0.05, 0.1) is 24.8 Å². The second-order valence-corrected chi connectivity index (χ2v) is 4.58. The third-order valence-corrected chi connectivity index (χ3v) is 3.43. The van der Waals surface area contributed by atoms with Crippen molar-refractivity contribution in [1.82, 2.24) is 0 Å². The van der Waals surface area contributed by atoms with Crippen molar-refractivity contribution in [3.05, 3.63) is 28.2 Å². The van der Waals surface area contributed by atoms with Crippen LogP contribution in [0.3, 0.4) is 0 Å². The van der Waals surface area contributed by atoms with Crippen LogP contribution in [-0.4, -0.2) is 31.4 Å². The van der Waals surface area contributed by atoms with E-state index in [4.69, 9.17) is 9.47 Å². The molecule has 1 N–H and O–H groups in total. The van der Waals surface area contributed by atoms with Gasteiger partial charge in [-0.15, -0.1) is 0 Å². The molecule has 0 saturated carbocycles. The maximum Gasteiger partial charge on any atom is 0.318 e. The van der Waals surface area contributed by atoms with E-state index in [0.29, 0.717) is 5.75 Å². The number of carboxylic acids is 1. The number of benzene rings is 1. The van der Waals surface area contributed by atoms with Crippen LogP contribution in [0, 0.1) is 0 Å². The zero-order valence-electron chi connectivity index (χ0n) is 8.70. The van der Waals surface area contributed by atoms with E-state index in [1.54, 1.807) is 25.3 Å². The molecule has 1 aliphatic heterocycles. The first kappa shape index (κ1) is 11.4. The minimum absolute atomic E-state index is 0.223. The molecule has 0 atom stereocenters. The Bertz CT molecular complexity index is 426. The molecular weight excluding hydrogens is 276 g/mol. The molecule has 0 unspecified atom stereocenters. The lowest BCUT2D eigenvalue weighted by Crippen LogP contribution is -2.53. The predicted molar refractivity (Wildman–Crippen MR) is 60.8 cm³/mol. The van der Waals surface area contributed by atoms with Gasteiger partial charge < -0.3 is 14.6 Å². The summed E-state index contributed by atoms with van der Waals surface area (Å²) in [5.41, 5.74) is -0.159. The van der Waals surface area contributed by atoms with Gasteiger partial charge >= 0.3 is 5.97 Å². The highest BCUT2D eigenvalue weighted by atomic mass is 79.9. The first-order chi connectivity index (χ1) is 7.60. The van der Waals surface area contributed by atoms with E-state index in [1.807, 2.05) is 0 Å². The Balaban J connectivity index is 2.40. The van der Waals surface area contributed by atoms with Gasteiger partial charge in [0.25, 0.3) is 0 Å². The molecule has 1 saturated heterocycles. The molecule has 2 rings (SSSR count). The first-order valence-corrected chi connectivity index (χ1v) is 5.54. The molecule has 0 aliphatic carbocycles. The number of ether oxygens (including phenoxy) is 2. The highest BCUT2D eigenvalue weighted by molar-refractivity contribution is 9.10. The number of halogens is 1. The van der Waals surface area contributed by atoms with Crippen molar-refractivity contribution in [2.24, 2.45) is 0 Å². The molecule has 1 heterocycles. The Labute approximate surface area is 101 Å². The second kappa shape index (κ2) is 4.07. The number of rotatable bonds is 3. The van der Waals surface area contributed by atoms with Crippen LogP contribution in [0.15, 0.2) is 22.7 Å². The fourth-order valence-electron chi connectivity index (χ4n) is 1.68. The summed E-state index contributed by atoms with van der Waals surface area (Å²) < 4.78 is 10.9. The summed E-state index contributed by atoms with van der Waals surface area (Å²) in [7, 11) is 1.57. The monoisotopic (exact) mass is 286 g/mol. The van der Waals surface area contributed by atoms with Gasteiger partial charge in [-0.3, -0.25) is 4.79 Å². The summed E-state index contributed by atoms with van der Waals surface area (Å²) in [4.78, 5) is 11.2. The zero-order chi connectivity index (χ0) is 11.8. The van der Waals surface area contributed by atoms with E-state index in [-0.39, 0.29) is 13.2 Å². The minimum Gasteiger partial charge on any atom is -0.496 e. The van der Waals surface area contributed by atoms with Gasteiger partial charge in [-0.05, 0) is 33.6 Å². The van der Waals surface area contributed by atoms with Crippen molar-refractivity contribution in [1.29, 1.82) is 0 Å². The lowest BCUT2D eigenvalue weighted by atomic mass is 9.79. The molecular formula is C11H11BrO4. The van der Waals surface area contributed by atoms with Crippen LogP contribution in [0.2, 0.25) is 0 Å². The van der Waals surface area contributed by atoms with Crippen LogP contribution in [0.1, 0.15) is 5.56 Å². The van der Waals surface area contributed by atoms with Gasteiger partial charge in [-0.25, -0.2) is 0 Å². The Morgan fingerprint density at radius 3 is 2.62 bits per heavy atom. The molecule has 1 fully saturated rings. The van der Waals surface area contributed by atoms with Gasteiger partial charge in [-0.2, -0.15) is 0 Å². The molecule has 1 aromatic rings. The smallest absolute Gasteiger partial charge is 0.318 e. The fourth-order valence-corrected chi connectivity index (χ4v) is 2.22. The van der Waals surface area contributed by atoms with Crippen LogP contribution < -0.4 is 4.74 Å². The average molecular weight is 287 g/mol. The zero-order valence-corrected chi connectivity index (χ0v) is 10.3. The maximum atomic E-state index is 11.2. The van der Waals surface area contributed by atoms with E-state index >= 15 is 0 Å². The Hall–Kier alpha value is -1.07. The summed E-state index contributed by atoms with van der Waals surface area (Å²) in [6.45, 7) is 0.447. The van der Waals surface area contributed by atoms with E-state index in [9.17, 15) is 9.90 Å². The molecule has 16 heavy (non-hydrogen) atoms. The molecule has 1 aliphatic rings. The quantitative estimate of drug-likeness (QED) is 0.921. The van der Waals surface area contributed by atoms with E-state index in [0.717, 1.165) is 10.0 Å². The number of carbonyl (C=O) groups is 1. The molecule has 86 valence electrons. The highest BCUT2D eigenvalue weighted by Crippen LogP contribution is 2.36. The summed E-state index contributed by atoms with van der Waals surface area (Å²) in [5.74, 6) is -0.166. The number of aliphatic carboxylic acids is 1. The Morgan fingerprint density at radius 1 is 1.56 bits per heavy atom. The van der Waals surface area contributed by atoms with Gasteiger partial charge in [0, 0.05) is 0 Å². The number of hydrogen-bond donors (Lipinski definition) is 1. The molecule has 0 spiro atoms. The lowest BCUT2D eigenvalue weighted by molar-refractivity contribution is -0.163. The van der Waals surface area contributed by atoms with Crippen LogP contribution in [-0.2, 0) is 14.9 Å². The average Bonchev–Trinajstić information content (AvgIpc) is 2.15. The Morgan fingerprint density at radius 2 is 2.25 bits per heavy atom. The fraction of sp³-hybridized carbons (Fsp3) is 0.364. The van der Waals surface area contributed by atoms with Gasteiger partial charge in [0.15, 0.2) is 0 Å². The first-order valence-electron chi connectivity index (χ1n) is 4.75. The van der Waals surface area contributed by atoms with Crippen molar-refractivity contribution in [2.45, 2.75) is 5.41 Å². The van der Waals surface area contributed by atoms with E-state index in [2.05, 4.69) is 15.9 Å². The van der Waals surface area contributed by atoms with Gasteiger partial charge in [-0.1, -0.05) is 6.07 Å². The standard InChI is InChI=1S/C11H11BrO4/c1-15-9-3-2-7(4-8(9)12)11(10(13)14)5-16-6-11/h2-4H,5-6H2,1H3,(H,13,14). The van der Waals surface area contributed by atoms with Crippen LogP contribution in [0.4, 0.5) is 0 Å². The van der Waals surface area contributed by atoms with Crippen LogP contribution in [0.5, 0.6) is 5.75 Å². The molecule has 5 heteroatoms. The van der Waals surface area contributed by atoms with Gasteiger partial charge in [0.1, 0.15) is 11.2 Å². The van der Waals surface area contributed by atoms with Crippen molar-refractivity contribution < 1.29 is 19.4 Å². The van der Waals surface area contributed by atoms with Gasteiger partial charge in [0.2, 0.25) is 0 Å². The predicted octanol–water partition coefficient (Wildman–Crippen LogP) is 1.81. The Kier molecular flexibility index (Phi) is 2.90. The normalized spacial score (nSPS) is 17.6. The van der Waals surface area contributed by atoms with E-state index in [1.165, 1.54) is 0 Å². The second-order valence-electron chi connectivity index (χ2n) is 3.73. The molecule has 0 bridgehead atoms. The summed E-state index contributed by atoms with van der Waals surface area (Å²) >= 11 is 3.34. The number of carboxylic acid groups (broad SMARTS) is 1. The maximum absolute atomic E-state index is 11.2. The molecule has 0 amide bonds. The number of hydrogen-bond acceptors (Lipinski definition) is 3. The third kappa shape index (κ3) is 1.60. The van der Waals surface area contributed by atoms with Crippen molar-refractivity contribution in [3.8, 4) is 5.75 Å². The molecule has 0 radical (unpaired) electrons. The molecule has 0 aromatic heterocycles. The third-order valence-electron chi connectivity index (χ3n) is 2.81. The van der Waals surface area contributed by atoms with Crippen molar-refractivity contribution in [2.75, 3.05) is 20.3 Å². The topological polar surface area (TPSA) is 55.8 Å². The molecule has 4 nitrogen and oxygen atoms in total. The summed E-state index contributed by atoms with van der Waals surface area (Å²) in [5, 5.41) is 9.23. The largest absolute Gasteiger partial charge is 0.496 e. The van der Waals surface area contributed by atoms with Crippen molar-refractivity contribution in [3.63, 3.8) is 0 Å². The van der Waals surface area contributed by atoms with Crippen LogP contribution >= 0.6 is 15.9 Å². The van der Waals surface area contributed by atoms with E-state index < -0.39 is 11.4 Å². The minimum atomic E-state index is -0.894. The van der Waals surface area contributed by atoms with Crippen molar-refractivity contribution >= 4 is 21.9 Å². The summed E-state index contributed by atoms with van der Waals surface area (Å²) in [6, 6.07) is 5.29. The molecule has 1 aromatic carbocycles.